The van der Waals surface area contributed by atoms with Crippen molar-refractivity contribution >= 4 is 34.1 Å². The second kappa shape index (κ2) is 7.93. The van der Waals surface area contributed by atoms with E-state index in [0.29, 0.717) is 10.0 Å². The average Bonchev–Trinajstić information content (AvgIpc) is 2.93. The molecule has 1 unspecified atom stereocenters. The van der Waals surface area contributed by atoms with Gasteiger partial charge in [0.2, 0.25) is 0 Å². The molecule has 4 rings (SSSR count). The normalized spacial score (nSPS) is 17.2. The third kappa shape index (κ3) is 3.58. The Morgan fingerprint density at radius 2 is 1.85 bits per heavy atom. The van der Waals surface area contributed by atoms with Crippen molar-refractivity contribution in [3.8, 4) is 0 Å². The van der Waals surface area contributed by atoms with Crippen LogP contribution in [0.25, 0.3) is 10.9 Å². The second-order valence-corrected chi connectivity index (χ2v) is 7.47. The van der Waals surface area contributed by atoms with Crippen molar-refractivity contribution in [1.29, 1.82) is 0 Å². The zero-order chi connectivity index (χ0) is 17.9. The summed E-state index contributed by atoms with van der Waals surface area (Å²) in [6, 6.07) is 16.3. The third-order valence-corrected chi connectivity index (χ3v) is 5.54. The highest BCUT2D eigenvalue weighted by molar-refractivity contribution is 6.35. The van der Waals surface area contributed by atoms with Crippen LogP contribution in [0, 0.1) is 0 Å². The lowest BCUT2D eigenvalue weighted by Crippen LogP contribution is -2.33. The van der Waals surface area contributed by atoms with E-state index in [0.717, 1.165) is 43.7 Å². The maximum absolute atomic E-state index is 6.64. The molecule has 0 saturated carbocycles. The molecule has 2 heterocycles. The SMILES string of the molecule is Clc1ccc(C(c2ccnc3ccccc23)N2CCCNCC2)c(Cl)c1. The van der Waals surface area contributed by atoms with E-state index in [4.69, 9.17) is 23.2 Å². The highest BCUT2D eigenvalue weighted by Gasteiger charge is 2.26. The lowest BCUT2D eigenvalue weighted by atomic mass is 9.94. The molecular weight excluding hydrogens is 365 g/mol. The topological polar surface area (TPSA) is 28.2 Å². The molecule has 134 valence electrons. The van der Waals surface area contributed by atoms with Crippen molar-refractivity contribution in [2.75, 3.05) is 26.2 Å². The number of aromatic nitrogens is 1. The maximum Gasteiger partial charge on any atom is 0.0705 e. The first-order valence-corrected chi connectivity index (χ1v) is 9.73. The van der Waals surface area contributed by atoms with Crippen LogP contribution in [0.2, 0.25) is 10.0 Å². The van der Waals surface area contributed by atoms with Crippen LogP contribution in [0.15, 0.2) is 54.7 Å². The highest BCUT2D eigenvalue weighted by Crippen LogP contribution is 2.37. The van der Waals surface area contributed by atoms with Gasteiger partial charge in [-0.1, -0.05) is 47.5 Å². The monoisotopic (exact) mass is 385 g/mol. The molecule has 1 N–H and O–H groups in total. The van der Waals surface area contributed by atoms with Gasteiger partial charge in [0, 0.05) is 41.3 Å². The van der Waals surface area contributed by atoms with Crippen LogP contribution in [0.4, 0.5) is 0 Å². The zero-order valence-electron chi connectivity index (χ0n) is 14.5. The fourth-order valence-electron chi connectivity index (χ4n) is 3.77. The molecule has 0 amide bonds. The Morgan fingerprint density at radius 3 is 2.73 bits per heavy atom. The standard InChI is InChI=1S/C21H21Cl2N3/c22-15-6-7-18(19(23)14-15)21(26-12-3-9-24-11-13-26)17-8-10-25-20-5-2-1-4-16(17)20/h1-2,4-8,10,14,21,24H,3,9,11-13H2. The number of nitrogens with one attached hydrogen (secondary N) is 1. The Hall–Kier alpha value is -1.65. The number of nitrogens with zero attached hydrogens (tertiary/aromatic N) is 2. The number of fused-ring (bicyclic) bond motifs is 1. The van der Waals surface area contributed by atoms with Crippen molar-refractivity contribution in [2.45, 2.75) is 12.5 Å². The van der Waals surface area contributed by atoms with Crippen molar-refractivity contribution in [2.24, 2.45) is 0 Å². The third-order valence-electron chi connectivity index (χ3n) is 4.97. The van der Waals surface area contributed by atoms with Gasteiger partial charge in [0.1, 0.15) is 0 Å². The Labute approximate surface area is 163 Å². The Bertz CT molecular complexity index is 899. The van der Waals surface area contributed by atoms with E-state index in [1.165, 1.54) is 10.9 Å². The molecule has 1 aliphatic rings. The van der Waals surface area contributed by atoms with Crippen molar-refractivity contribution in [1.82, 2.24) is 15.2 Å². The molecule has 1 aromatic heterocycles. The first-order valence-electron chi connectivity index (χ1n) is 8.97. The minimum Gasteiger partial charge on any atom is -0.315 e. The van der Waals surface area contributed by atoms with Crippen LogP contribution in [-0.2, 0) is 0 Å². The average molecular weight is 386 g/mol. The van der Waals surface area contributed by atoms with Crippen molar-refractivity contribution in [3.05, 3.63) is 75.9 Å². The molecule has 0 spiro atoms. The van der Waals surface area contributed by atoms with Gasteiger partial charge in [-0.05, 0) is 48.4 Å². The smallest absolute Gasteiger partial charge is 0.0705 e. The first-order chi connectivity index (χ1) is 12.7. The van der Waals surface area contributed by atoms with Crippen LogP contribution in [0.5, 0.6) is 0 Å². The van der Waals surface area contributed by atoms with E-state index in [1.54, 1.807) is 0 Å². The fourth-order valence-corrected chi connectivity index (χ4v) is 4.28. The van der Waals surface area contributed by atoms with Gasteiger partial charge < -0.3 is 5.32 Å². The number of para-hydroxylation sites is 1. The summed E-state index contributed by atoms with van der Waals surface area (Å²) in [5.41, 5.74) is 3.34. The molecule has 1 fully saturated rings. The number of rotatable bonds is 3. The molecular formula is C21H21Cl2N3. The number of hydrogen-bond acceptors (Lipinski definition) is 3. The van der Waals surface area contributed by atoms with Gasteiger partial charge in [0.25, 0.3) is 0 Å². The number of hydrogen-bond donors (Lipinski definition) is 1. The summed E-state index contributed by atoms with van der Waals surface area (Å²) in [6.07, 6.45) is 3.01. The maximum atomic E-state index is 6.64. The zero-order valence-corrected chi connectivity index (χ0v) is 16.0. The largest absolute Gasteiger partial charge is 0.315 e. The van der Waals surface area contributed by atoms with E-state index in [9.17, 15) is 0 Å². The molecule has 5 heteroatoms. The van der Waals surface area contributed by atoms with Crippen LogP contribution < -0.4 is 5.32 Å². The molecule has 0 bridgehead atoms. The van der Waals surface area contributed by atoms with Gasteiger partial charge in [-0.25, -0.2) is 0 Å². The van der Waals surface area contributed by atoms with Gasteiger partial charge in [-0.2, -0.15) is 0 Å². The predicted octanol–water partition coefficient (Wildman–Crippen LogP) is 4.93. The highest BCUT2D eigenvalue weighted by atomic mass is 35.5. The lowest BCUT2D eigenvalue weighted by molar-refractivity contribution is 0.242. The minimum atomic E-state index is 0.0765. The fraction of sp³-hybridized carbons (Fsp3) is 0.286. The van der Waals surface area contributed by atoms with E-state index in [2.05, 4.69) is 45.5 Å². The lowest BCUT2D eigenvalue weighted by Gasteiger charge is -2.32. The van der Waals surface area contributed by atoms with E-state index >= 15 is 0 Å². The van der Waals surface area contributed by atoms with Crippen LogP contribution in [0.1, 0.15) is 23.6 Å². The number of pyridine rings is 1. The van der Waals surface area contributed by atoms with Gasteiger partial charge in [-0.15, -0.1) is 0 Å². The molecule has 1 saturated heterocycles. The quantitative estimate of drug-likeness (QED) is 0.692. The van der Waals surface area contributed by atoms with Crippen LogP contribution in [0.3, 0.4) is 0 Å². The van der Waals surface area contributed by atoms with E-state index < -0.39 is 0 Å². The molecule has 1 aliphatic heterocycles. The predicted molar refractivity (Wildman–Crippen MR) is 109 cm³/mol. The summed E-state index contributed by atoms with van der Waals surface area (Å²) in [5, 5.41) is 6.03. The molecule has 3 nitrogen and oxygen atoms in total. The Balaban J connectivity index is 1.89. The summed E-state index contributed by atoms with van der Waals surface area (Å²) < 4.78 is 0. The number of benzene rings is 2. The molecule has 0 radical (unpaired) electrons. The summed E-state index contributed by atoms with van der Waals surface area (Å²) >= 11 is 12.8. The van der Waals surface area contributed by atoms with Gasteiger partial charge in [0.05, 0.1) is 11.6 Å². The second-order valence-electron chi connectivity index (χ2n) is 6.63. The summed E-state index contributed by atoms with van der Waals surface area (Å²) in [7, 11) is 0. The van der Waals surface area contributed by atoms with Crippen molar-refractivity contribution in [3.63, 3.8) is 0 Å². The number of halogens is 2. The summed E-state index contributed by atoms with van der Waals surface area (Å²) in [4.78, 5) is 7.04. The molecule has 26 heavy (non-hydrogen) atoms. The Morgan fingerprint density at radius 1 is 0.962 bits per heavy atom. The summed E-state index contributed by atoms with van der Waals surface area (Å²) in [6.45, 7) is 4.02. The van der Waals surface area contributed by atoms with Crippen LogP contribution >= 0.6 is 23.2 Å². The van der Waals surface area contributed by atoms with E-state index in [1.807, 2.05) is 24.4 Å². The molecule has 3 aromatic rings. The van der Waals surface area contributed by atoms with Gasteiger partial charge in [0.15, 0.2) is 0 Å². The van der Waals surface area contributed by atoms with E-state index in [-0.39, 0.29) is 6.04 Å². The first kappa shape index (κ1) is 17.7. The van der Waals surface area contributed by atoms with Gasteiger partial charge >= 0.3 is 0 Å². The van der Waals surface area contributed by atoms with Crippen molar-refractivity contribution < 1.29 is 0 Å². The molecule has 0 aliphatic carbocycles. The molecule has 1 atom stereocenters. The van der Waals surface area contributed by atoms with Gasteiger partial charge in [-0.3, -0.25) is 9.88 Å². The molecule has 2 aromatic carbocycles. The van der Waals surface area contributed by atoms with Crippen LogP contribution in [-0.4, -0.2) is 36.1 Å². The minimum absolute atomic E-state index is 0.0765. The summed E-state index contributed by atoms with van der Waals surface area (Å²) in [5.74, 6) is 0. The Kier molecular flexibility index (Phi) is 5.41.